The molecule has 0 aliphatic carbocycles. The molecule has 0 bridgehead atoms. The largest absolute Gasteiger partial charge is 0.341 e. The minimum absolute atomic E-state index is 0.449. The maximum Gasteiger partial charge on any atom is 0.0530 e. The van der Waals surface area contributed by atoms with Crippen LogP contribution < -0.4 is 5.73 Å². The zero-order chi connectivity index (χ0) is 13.3. The predicted octanol–water partition coefficient (Wildman–Crippen LogP) is 2.74. The lowest BCUT2D eigenvalue weighted by Gasteiger charge is -2.18. The molecule has 0 atom stereocenters. The van der Waals surface area contributed by atoms with Gasteiger partial charge in [-0.2, -0.15) is 0 Å². The molecule has 0 unspecified atom stereocenters. The molecule has 1 aromatic heterocycles. The van der Waals surface area contributed by atoms with Gasteiger partial charge in [0.1, 0.15) is 0 Å². The van der Waals surface area contributed by atoms with E-state index in [0.717, 1.165) is 6.54 Å². The molecular formula is C15H23N3. The SMILES string of the molecule is CC(C)n1c(CN(C)C)cc2cccc(CN)c21. The summed E-state index contributed by atoms with van der Waals surface area (Å²) in [6.45, 7) is 6.00. The number of hydrogen-bond acceptors (Lipinski definition) is 2. The van der Waals surface area contributed by atoms with Crippen molar-refractivity contribution in [2.75, 3.05) is 14.1 Å². The van der Waals surface area contributed by atoms with Crippen molar-refractivity contribution in [2.45, 2.75) is 33.0 Å². The van der Waals surface area contributed by atoms with Gasteiger partial charge in [-0.3, -0.25) is 0 Å². The van der Waals surface area contributed by atoms with Gasteiger partial charge in [0.2, 0.25) is 0 Å². The van der Waals surface area contributed by atoms with E-state index >= 15 is 0 Å². The van der Waals surface area contributed by atoms with Gasteiger partial charge in [0, 0.05) is 30.2 Å². The second kappa shape index (κ2) is 5.12. The average molecular weight is 245 g/mol. The molecule has 1 heterocycles. The molecule has 0 aliphatic rings. The van der Waals surface area contributed by atoms with E-state index < -0.39 is 0 Å². The fourth-order valence-corrected chi connectivity index (χ4v) is 2.61. The van der Waals surface area contributed by atoms with Crippen LogP contribution in [-0.2, 0) is 13.1 Å². The Kier molecular flexibility index (Phi) is 3.73. The Morgan fingerprint density at radius 1 is 1.28 bits per heavy atom. The van der Waals surface area contributed by atoms with Crippen LogP contribution in [0.4, 0.5) is 0 Å². The number of aromatic nitrogens is 1. The lowest BCUT2D eigenvalue weighted by Crippen LogP contribution is -2.16. The summed E-state index contributed by atoms with van der Waals surface area (Å²) in [5, 5.41) is 1.29. The fourth-order valence-electron chi connectivity index (χ4n) is 2.61. The van der Waals surface area contributed by atoms with Crippen molar-refractivity contribution in [1.29, 1.82) is 0 Å². The van der Waals surface area contributed by atoms with Crippen molar-refractivity contribution in [3.05, 3.63) is 35.5 Å². The van der Waals surface area contributed by atoms with E-state index in [2.05, 4.69) is 61.7 Å². The molecule has 2 rings (SSSR count). The quantitative estimate of drug-likeness (QED) is 0.898. The van der Waals surface area contributed by atoms with E-state index in [9.17, 15) is 0 Å². The topological polar surface area (TPSA) is 34.2 Å². The molecule has 2 aromatic rings. The summed E-state index contributed by atoms with van der Waals surface area (Å²) < 4.78 is 2.41. The minimum atomic E-state index is 0.449. The van der Waals surface area contributed by atoms with Gasteiger partial charge in [0.25, 0.3) is 0 Å². The molecular weight excluding hydrogens is 222 g/mol. The van der Waals surface area contributed by atoms with Crippen LogP contribution in [0.25, 0.3) is 10.9 Å². The highest BCUT2D eigenvalue weighted by atomic mass is 15.1. The summed E-state index contributed by atoms with van der Waals surface area (Å²) in [4.78, 5) is 2.20. The molecule has 2 N–H and O–H groups in total. The van der Waals surface area contributed by atoms with Crippen LogP contribution in [0.5, 0.6) is 0 Å². The van der Waals surface area contributed by atoms with Crippen LogP contribution >= 0.6 is 0 Å². The number of nitrogens with zero attached hydrogens (tertiary/aromatic N) is 2. The average Bonchev–Trinajstić information content (AvgIpc) is 2.65. The van der Waals surface area contributed by atoms with Gasteiger partial charge in [-0.1, -0.05) is 18.2 Å². The summed E-state index contributed by atoms with van der Waals surface area (Å²) in [6.07, 6.45) is 0. The molecule has 0 fully saturated rings. The van der Waals surface area contributed by atoms with Gasteiger partial charge in [-0.15, -0.1) is 0 Å². The normalized spacial score (nSPS) is 11.9. The maximum atomic E-state index is 5.87. The number of rotatable bonds is 4. The van der Waals surface area contributed by atoms with Gasteiger partial charge in [-0.25, -0.2) is 0 Å². The second-order valence-corrected chi connectivity index (χ2v) is 5.40. The summed E-state index contributed by atoms with van der Waals surface area (Å²) in [5.41, 5.74) is 9.75. The van der Waals surface area contributed by atoms with Crippen LogP contribution in [-0.4, -0.2) is 23.6 Å². The Bertz CT molecular complexity index is 538. The third-order valence-corrected chi connectivity index (χ3v) is 3.24. The van der Waals surface area contributed by atoms with Crippen molar-refractivity contribution in [2.24, 2.45) is 5.73 Å². The lowest BCUT2D eigenvalue weighted by molar-refractivity contribution is 0.383. The summed E-state index contributed by atoms with van der Waals surface area (Å²) in [6, 6.07) is 9.13. The molecule has 0 saturated heterocycles. The minimum Gasteiger partial charge on any atom is -0.341 e. The van der Waals surface area contributed by atoms with Gasteiger partial charge >= 0.3 is 0 Å². The zero-order valence-corrected chi connectivity index (χ0v) is 11.8. The van der Waals surface area contributed by atoms with Crippen molar-refractivity contribution in [1.82, 2.24) is 9.47 Å². The first-order valence-corrected chi connectivity index (χ1v) is 6.51. The Hall–Kier alpha value is -1.32. The highest BCUT2D eigenvalue weighted by molar-refractivity contribution is 5.84. The molecule has 3 nitrogen and oxygen atoms in total. The zero-order valence-electron chi connectivity index (χ0n) is 11.8. The summed E-state index contributed by atoms with van der Waals surface area (Å²) in [5.74, 6) is 0. The third kappa shape index (κ3) is 2.28. The Balaban J connectivity index is 2.68. The summed E-state index contributed by atoms with van der Waals surface area (Å²) >= 11 is 0. The first-order valence-electron chi connectivity index (χ1n) is 6.51. The van der Waals surface area contributed by atoms with Crippen molar-refractivity contribution >= 4 is 10.9 Å². The lowest BCUT2D eigenvalue weighted by atomic mass is 10.1. The molecule has 1 aromatic carbocycles. The number of nitrogens with two attached hydrogens (primary N) is 1. The van der Waals surface area contributed by atoms with E-state index in [1.54, 1.807) is 0 Å². The van der Waals surface area contributed by atoms with E-state index in [-0.39, 0.29) is 0 Å². The maximum absolute atomic E-state index is 5.87. The van der Waals surface area contributed by atoms with E-state index in [1.165, 1.54) is 22.2 Å². The van der Waals surface area contributed by atoms with Gasteiger partial charge < -0.3 is 15.2 Å². The molecule has 0 radical (unpaired) electrons. The number of fused-ring (bicyclic) bond motifs is 1. The third-order valence-electron chi connectivity index (χ3n) is 3.24. The predicted molar refractivity (Wildman–Crippen MR) is 77.6 cm³/mol. The van der Waals surface area contributed by atoms with Crippen molar-refractivity contribution < 1.29 is 0 Å². The van der Waals surface area contributed by atoms with Crippen molar-refractivity contribution in [3.8, 4) is 0 Å². The van der Waals surface area contributed by atoms with Crippen LogP contribution in [0, 0.1) is 0 Å². The molecule has 0 saturated carbocycles. The Morgan fingerprint density at radius 2 is 2.00 bits per heavy atom. The van der Waals surface area contributed by atoms with Crippen LogP contribution in [0.1, 0.15) is 31.1 Å². The second-order valence-electron chi connectivity index (χ2n) is 5.40. The number of hydrogen-bond donors (Lipinski definition) is 1. The monoisotopic (exact) mass is 245 g/mol. The highest BCUT2D eigenvalue weighted by Crippen LogP contribution is 2.27. The summed E-state index contributed by atoms with van der Waals surface area (Å²) in [7, 11) is 4.21. The molecule has 0 spiro atoms. The standard InChI is InChI=1S/C15H23N3/c1-11(2)18-14(10-17(3)4)8-12-6-5-7-13(9-16)15(12)18/h5-8,11H,9-10,16H2,1-4H3. The Labute approximate surface area is 109 Å². The van der Waals surface area contributed by atoms with Gasteiger partial charge in [-0.05, 0) is 39.6 Å². The van der Waals surface area contributed by atoms with E-state index in [0.29, 0.717) is 12.6 Å². The van der Waals surface area contributed by atoms with E-state index in [4.69, 9.17) is 5.73 Å². The Morgan fingerprint density at radius 3 is 2.56 bits per heavy atom. The highest BCUT2D eigenvalue weighted by Gasteiger charge is 2.14. The first kappa shape index (κ1) is 13.1. The smallest absolute Gasteiger partial charge is 0.0530 e. The van der Waals surface area contributed by atoms with Gasteiger partial charge in [0.05, 0.1) is 5.52 Å². The molecule has 3 heteroatoms. The van der Waals surface area contributed by atoms with Gasteiger partial charge in [0.15, 0.2) is 0 Å². The fraction of sp³-hybridized carbons (Fsp3) is 0.467. The first-order chi connectivity index (χ1) is 8.54. The van der Waals surface area contributed by atoms with Crippen LogP contribution in [0.15, 0.2) is 24.3 Å². The molecule has 0 amide bonds. The van der Waals surface area contributed by atoms with Crippen LogP contribution in [0.3, 0.4) is 0 Å². The van der Waals surface area contributed by atoms with Crippen LogP contribution in [0.2, 0.25) is 0 Å². The molecule has 18 heavy (non-hydrogen) atoms. The van der Waals surface area contributed by atoms with E-state index in [1.807, 2.05) is 0 Å². The molecule has 0 aliphatic heterocycles. The number of para-hydroxylation sites is 1. The van der Waals surface area contributed by atoms with Crippen molar-refractivity contribution in [3.63, 3.8) is 0 Å². The molecule has 98 valence electrons. The number of benzene rings is 1.